The van der Waals surface area contributed by atoms with E-state index >= 15 is 0 Å². The third-order valence-corrected chi connectivity index (χ3v) is 5.70. The van der Waals surface area contributed by atoms with Crippen LogP contribution in [0.25, 0.3) is 0 Å². The van der Waals surface area contributed by atoms with E-state index in [2.05, 4.69) is 45.4 Å². The van der Waals surface area contributed by atoms with Crippen molar-refractivity contribution in [1.29, 1.82) is 0 Å². The molecule has 0 heterocycles. The van der Waals surface area contributed by atoms with Crippen LogP contribution in [0.3, 0.4) is 0 Å². The van der Waals surface area contributed by atoms with E-state index in [0.29, 0.717) is 10.4 Å². The number of rotatable bonds is 3. The van der Waals surface area contributed by atoms with Gasteiger partial charge in [-0.25, -0.2) is 12.5 Å². The predicted octanol–water partition coefficient (Wildman–Crippen LogP) is 2.40. The van der Waals surface area contributed by atoms with E-state index in [1.807, 2.05) is 0 Å². The Bertz CT molecular complexity index is 82.4. The smallest absolute Gasteiger partial charge is 0.244 e. The Morgan fingerprint density at radius 1 is 1.38 bits per heavy atom. The zero-order chi connectivity index (χ0) is 6.62. The first-order valence-electron chi connectivity index (χ1n) is 1.28. The molecule has 0 aromatic heterocycles. The van der Waals surface area contributed by atoms with E-state index in [1.54, 1.807) is 0 Å². The SMILES string of the molecule is O=P(OS)(OS)SS. The van der Waals surface area contributed by atoms with Crippen molar-refractivity contribution in [3.63, 3.8) is 0 Å². The van der Waals surface area contributed by atoms with E-state index in [1.165, 1.54) is 0 Å². The van der Waals surface area contributed by atoms with Crippen LogP contribution in [-0.4, -0.2) is 0 Å². The molecule has 0 N–H and O–H groups in total. The van der Waals surface area contributed by atoms with Crippen molar-refractivity contribution >= 4 is 54.7 Å². The summed E-state index contributed by atoms with van der Waals surface area (Å²) in [6.45, 7) is -3.15. The van der Waals surface area contributed by atoms with Crippen LogP contribution in [0.4, 0.5) is 0 Å². The summed E-state index contributed by atoms with van der Waals surface area (Å²) in [4.78, 5) is 0. The highest BCUT2D eigenvalue weighted by Gasteiger charge is 2.21. The summed E-state index contributed by atoms with van der Waals surface area (Å²) >= 11 is 10.1. The molecule has 0 aliphatic rings. The van der Waals surface area contributed by atoms with Gasteiger partial charge in [-0.1, -0.05) is 11.7 Å². The second-order valence-electron chi connectivity index (χ2n) is 0.692. The summed E-state index contributed by atoms with van der Waals surface area (Å²) in [6, 6.07) is 0. The molecule has 0 radical (unpaired) electrons. The van der Waals surface area contributed by atoms with E-state index in [-0.39, 0.29) is 0 Å². The summed E-state index contributed by atoms with van der Waals surface area (Å²) in [5.74, 6) is 0. The van der Waals surface area contributed by atoms with Gasteiger partial charge in [-0.15, -0.1) is 0 Å². The van der Waals surface area contributed by atoms with Gasteiger partial charge in [0.2, 0.25) is 0 Å². The fourth-order valence-corrected chi connectivity index (χ4v) is 2.82. The van der Waals surface area contributed by atoms with E-state index in [4.69, 9.17) is 0 Å². The van der Waals surface area contributed by atoms with Gasteiger partial charge in [-0.05, 0) is 25.8 Å². The quantitative estimate of drug-likeness (QED) is 0.289. The largest absolute Gasteiger partial charge is 0.420 e. The maximum absolute atomic E-state index is 10.6. The van der Waals surface area contributed by atoms with E-state index in [9.17, 15) is 4.57 Å². The Balaban J connectivity index is 3.79. The molecule has 0 aliphatic heterocycles. The van der Waals surface area contributed by atoms with Crippen LogP contribution in [0, 0.1) is 0 Å². The van der Waals surface area contributed by atoms with Gasteiger partial charge < -0.3 is 0 Å². The molecule has 0 aliphatic carbocycles. The maximum atomic E-state index is 10.6. The van der Waals surface area contributed by atoms with Crippen molar-refractivity contribution in [3.05, 3.63) is 0 Å². The average molecular weight is 210 g/mol. The van der Waals surface area contributed by atoms with Gasteiger partial charge in [-0.2, -0.15) is 0 Å². The van der Waals surface area contributed by atoms with Crippen LogP contribution in [-0.2, 0) is 12.5 Å². The molecule has 3 nitrogen and oxygen atoms in total. The molecule has 8 heavy (non-hydrogen) atoms. The molecule has 0 aromatic rings. The summed E-state index contributed by atoms with van der Waals surface area (Å²) in [6.07, 6.45) is 0. The molecular formula is H3O3PS4. The topological polar surface area (TPSA) is 35.5 Å². The number of thiol groups is 3. The molecule has 8 heteroatoms. The predicted molar refractivity (Wildman–Crippen MR) is 44.3 cm³/mol. The van der Waals surface area contributed by atoms with Crippen molar-refractivity contribution in [3.8, 4) is 0 Å². The van der Waals surface area contributed by atoms with Gasteiger partial charge in [-0.3, -0.25) is 0 Å². The van der Waals surface area contributed by atoms with Gasteiger partial charge in [0.25, 0.3) is 0 Å². The molecule has 0 saturated carbocycles. The molecule has 0 fully saturated rings. The second-order valence-corrected chi connectivity index (χ2v) is 6.36. The Morgan fingerprint density at radius 2 is 1.75 bits per heavy atom. The van der Waals surface area contributed by atoms with Gasteiger partial charge in [0.15, 0.2) is 0 Å². The Hall–Kier alpha value is 1.55. The third kappa shape index (κ3) is 2.91. The zero-order valence-corrected chi connectivity index (χ0v) is 7.82. The van der Waals surface area contributed by atoms with Crippen LogP contribution in [0.2, 0.25) is 0 Å². The van der Waals surface area contributed by atoms with Crippen molar-refractivity contribution in [2.75, 3.05) is 0 Å². The van der Waals surface area contributed by atoms with Crippen LogP contribution in [0.5, 0.6) is 0 Å². The third-order valence-electron chi connectivity index (χ3n) is 0.300. The first-order chi connectivity index (χ1) is 3.68. The average Bonchev–Trinajstić information content (AvgIpc) is 1.87. The summed E-state index contributed by atoms with van der Waals surface area (Å²) < 4.78 is 18.8. The molecule has 0 rings (SSSR count). The lowest BCUT2D eigenvalue weighted by Gasteiger charge is -2.03. The van der Waals surface area contributed by atoms with Crippen LogP contribution in [0.1, 0.15) is 0 Å². The first kappa shape index (κ1) is 9.55. The molecule has 0 atom stereocenters. The highest BCUT2D eigenvalue weighted by Crippen LogP contribution is 2.63. The highest BCUT2D eigenvalue weighted by molar-refractivity contribution is 8.94. The monoisotopic (exact) mass is 210 g/mol. The molecule has 0 spiro atoms. The Labute approximate surface area is 67.2 Å². The zero-order valence-electron chi connectivity index (χ0n) is 3.42. The first-order valence-corrected chi connectivity index (χ1v) is 6.02. The second kappa shape index (κ2) is 4.38. The van der Waals surface area contributed by atoms with Crippen molar-refractivity contribution in [2.45, 2.75) is 0 Å². The summed E-state index contributed by atoms with van der Waals surface area (Å²) in [7, 11) is 0.625. The fraction of sp³-hybridized carbons (Fsp3) is 0. The van der Waals surface area contributed by atoms with Gasteiger partial charge in [0.1, 0.15) is 0 Å². The standard InChI is InChI=1S/H3O3PS4/c1-4(2-5,3-6)8-7/h5-7H. The summed E-state index contributed by atoms with van der Waals surface area (Å²) in [5.41, 5.74) is 0. The molecule has 0 saturated heterocycles. The lowest BCUT2D eigenvalue weighted by atomic mass is 15.8. The minimum absolute atomic E-state index is 0.625. The van der Waals surface area contributed by atoms with E-state index < -0.39 is 6.80 Å². The number of hydrogen-bond donors (Lipinski definition) is 3. The maximum Gasteiger partial charge on any atom is 0.420 e. The minimum atomic E-state index is -3.15. The molecule has 0 bridgehead atoms. The molecule has 0 unspecified atom stereocenters. The van der Waals surface area contributed by atoms with Gasteiger partial charge in [0, 0.05) is 10.4 Å². The molecule has 50 valence electrons. The molecular weight excluding hydrogens is 207 g/mol. The van der Waals surface area contributed by atoms with Crippen molar-refractivity contribution in [1.82, 2.24) is 0 Å². The summed E-state index contributed by atoms with van der Waals surface area (Å²) in [5, 5.41) is 0. The van der Waals surface area contributed by atoms with Crippen LogP contribution in [0.15, 0.2) is 0 Å². The minimum Gasteiger partial charge on any atom is -0.244 e. The Morgan fingerprint density at radius 3 is 1.75 bits per heavy atom. The van der Waals surface area contributed by atoms with Crippen molar-refractivity contribution < 1.29 is 12.5 Å². The lowest BCUT2D eigenvalue weighted by Crippen LogP contribution is -1.68. The lowest BCUT2D eigenvalue weighted by molar-refractivity contribution is 0.461. The molecule has 0 amide bonds. The van der Waals surface area contributed by atoms with Gasteiger partial charge in [0.05, 0.1) is 0 Å². The Kier molecular flexibility index (Phi) is 5.23. The highest BCUT2D eigenvalue weighted by atomic mass is 33.3. The van der Waals surface area contributed by atoms with Crippen molar-refractivity contribution in [2.24, 2.45) is 0 Å². The van der Waals surface area contributed by atoms with E-state index in [0.717, 1.165) is 0 Å². The molecule has 0 aromatic carbocycles. The normalized spacial score (nSPS) is 11.9. The van der Waals surface area contributed by atoms with Crippen LogP contribution >= 0.6 is 54.7 Å². The van der Waals surface area contributed by atoms with Gasteiger partial charge >= 0.3 is 6.80 Å². The van der Waals surface area contributed by atoms with Crippen LogP contribution < -0.4 is 0 Å². The number of hydrogen-bond acceptors (Lipinski definition) is 7. The fourth-order valence-electron chi connectivity index (χ4n) is 0.0447.